The van der Waals surface area contributed by atoms with Gasteiger partial charge >= 0.3 is 6.09 Å². The molecule has 10 nitrogen and oxygen atoms in total. The van der Waals surface area contributed by atoms with Crippen LogP contribution in [0.1, 0.15) is 51.7 Å². The van der Waals surface area contributed by atoms with Crippen LogP contribution in [0.15, 0.2) is 48.5 Å². The van der Waals surface area contributed by atoms with Gasteiger partial charge in [0.05, 0.1) is 12.4 Å². The second-order valence-corrected chi connectivity index (χ2v) is 11.3. The van der Waals surface area contributed by atoms with Gasteiger partial charge in [0.2, 0.25) is 5.91 Å². The number of unbranched alkanes of at least 4 members (excludes halogenated alkanes) is 1. The maximum absolute atomic E-state index is 13.0. The van der Waals surface area contributed by atoms with Crippen LogP contribution in [-0.4, -0.2) is 53.7 Å². The van der Waals surface area contributed by atoms with Crippen LogP contribution in [0, 0.1) is 0 Å². The molecule has 2 aromatic rings. The largest absolute Gasteiger partial charge is 0.494 e. The molecule has 0 aromatic heterocycles. The summed E-state index contributed by atoms with van der Waals surface area (Å²) in [5, 5.41) is 1.98. The number of anilines is 1. The SMILES string of the molecule is CCCCOc1ccc(C[C@H](NC(=O)OC(C)(C)C)C(=O)NNC(=O)SCC(=O)N2CCc3ccccc32)cc1. The second-order valence-electron chi connectivity index (χ2n) is 10.4. The Morgan fingerprint density at radius 2 is 1.75 bits per heavy atom. The summed E-state index contributed by atoms with van der Waals surface area (Å²) < 4.78 is 11.0. The third-order valence-electron chi connectivity index (χ3n) is 5.94. The zero-order chi connectivity index (χ0) is 29.1. The van der Waals surface area contributed by atoms with Gasteiger partial charge in [0.1, 0.15) is 17.4 Å². The minimum atomic E-state index is -1.03. The van der Waals surface area contributed by atoms with Crippen molar-refractivity contribution in [2.75, 3.05) is 23.8 Å². The molecule has 3 rings (SSSR count). The molecule has 0 bridgehead atoms. The second kappa shape index (κ2) is 14.6. The summed E-state index contributed by atoms with van der Waals surface area (Å²) in [4.78, 5) is 52.1. The first-order valence-electron chi connectivity index (χ1n) is 13.4. The van der Waals surface area contributed by atoms with Crippen LogP contribution < -0.4 is 25.8 Å². The number of carbonyl (C=O) groups excluding carboxylic acids is 4. The van der Waals surface area contributed by atoms with Crippen LogP contribution in [-0.2, 0) is 27.2 Å². The van der Waals surface area contributed by atoms with Gasteiger partial charge in [-0.1, -0.05) is 55.4 Å². The topological polar surface area (TPSA) is 126 Å². The van der Waals surface area contributed by atoms with Crippen LogP contribution in [0.5, 0.6) is 5.75 Å². The number of amides is 4. The van der Waals surface area contributed by atoms with Gasteiger partial charge in [0, 0.05) is 18.7 Å². The first-order valence-corrected chi connectivity index (χ1v) is 14.4. The molecular formula is C29H38N4O6S. The number of hydrogen-bond acceptors (Lipinski definition) is 7. The highest BCUT2D eigenvalue weighted by molar-refractivity contribution is 8.14. The van der Waals surface area contributed by atoms with E-state index in [4.69, 9.17) is 9.47 Å². The Morgan fingerprint density at radius 1 is 1.02 bits per heavy atom. The van der Waals surface area contributed by atoms with E-state index < -0.39 is 28.9 Å². The lowest BCUT2D eigenvalue weighted by atomic mass is 10.1. The molecule has 2 aromatic carbocycles. The minimum absolute atomic E-state index is 0.0811. The van der Waals surface area contributed by atoms with E-state index in [-0.39, 0.29) is 18.1 Å². The van der Waals surface area contributed by atoms with Crippen molar-refractivity contribution in [2.24, 2.45) is 0 Å². The Labute approximate surface area is 239 Å². The highest BCUT2D eigenvalue weighted by atomic mass is 32.2. The van der Waals surface area contributed by atoms with E-state index in [2.05, 4.69) is 23.1 Å². The number of alkyl carbamates (subject to hydrolysis) is 1. The van der Waals surface area contributed by atoms with Gasteiger partial charge in [-0.15, -0.1) is 0 Å². The fraction of sp³-hybridized carbons (Fsp3) is 0.448. The molecule has 1 aliphatic rings. The molecule has 216 valence electrons. The van der Waals surface area contributed by atoms with Crippen molar-refractivity contribution in [2.45, 2.75) is 65.0 Å². The lowest BCUT2D eigenvalue weighted by molar-refractivity contribution is -0.123. The smallest absolute Gasteiger partial charge is 0.408 e. The molecule has 0 saturated heterocycles. The number of rotatable bonds is 10. The Morgan fingerprint density at radius 3 is 2.45 bits per heavy atom. The van der Waals surface area contributed by atoms with Gasteiger partial charge in [-0.25, -0.2) is 4.79 Å². The summed E-state index contributed by atoms with van der Waals surface area (Å²) in [5.74, 6) is -0.192. The van der Waals surface area contributed by atoms with Crippen molar-refractivity contribution in [3.05, 3.63) is 59.7 Å². The van der Waals surface area contributed by atoms with Crippen LogP contribution in [0.4, 0.5) is 15.3 Å². The third-order valence-corrected chi connectivity index (χ3v) is 6.70. The molecule has 0 radical (unpaired) electrons. The number of nitrogens with zero attached hydrogens (tertiary/aromatic N) is 1. The Hall–Kier alpha value is -3.73. The normalized spacial score (nSPS) is 13.2. The van der Waals surface area contributed by atoms with E-state index in [1.165, 1.54) is 0 Å². The standard InChI is InChI=1S/C29H38N4O6S/c1-5-6-17-38-22-13-11-20(12-14-22)18-23(30-27(36)39-29(2,3)4)26(35)31-32-28(37)40-19-25(34)33-16-15-21-9-7-8-10-24(21)33/h7-14,23H,5-6,15-19H2,1-4H3,(H,30,36)(H,31,35)(H,32,37)/t23-/m0/s1. The molecule has 0 unspecified atom stereocenters. The fourth-order valence-electron chi connectivity index (χ4n) is 3.99. The lowest BCUT2D eigenvalue weighted by Crippen LogP contribution is -2.53. The molecular weight excluding hydrogens is 532 g/mol. The quantitative estimate of drug-likeness (QED) is 0.286. The molecule has 0 fully saturated rings. The highest BCUT2D eigenvalue weighted by Crippen LogP contribution is 2.28. The monoisotopic (exact) mass is 570 g/mol. The van der Waals surface area contributed by atoms with E-state index in [0.29, 0.717) is 13.2 Å². The van der Waals surface area contributed by atoms with Gasteiger partial charge in [0.15, 0.2) is 0 Å². The molecule has 0 aliphatic carbocycles. The Balaban J connectivity index is 1.54. The summed E-state index contributed by atoms with van der Waals surface area (Å²) in [6, 6.07) is 13.9. The maximum Gasteiger partial charge on any atom is 0.408 e. The van der Waals surface area contributed by atoms with E-state index in [1.54, 1.807) is 25.7 Å². The molecule has 40 heavy (non-hydrogen) atoms. The number of thioether (sulfide) groups is 1. The number of fused-ring (bicyclic) bond motifs is 1. The van der Waals surface area contributed by atoms with E-state index in [1.807, 2.05) is 48.5 Å². The number of para-hydroxylation sites is 1. The predicted molar refractivity (Wildman–Crippen MR) is 155 cm³/mol. The van der Waals surface area contributed by atoms with E-state index >= 15 is 0 Å². The number of ether oxygens (including phenoxy) is 2. The van der Waals surface area contributed by atoms with Crippen molar-refractivity contribution in [3.63, 3.8) is 0 Å². The Kier molecular flexibility index (Phi) is 11.2. The van der Waals surface area contributed by atoms with Gasteiger partial charge < -0.3 is 19.7 Å². The lowest BCUT2D eigenvalue weighted by Gasteiger charge is -2.23. The average Bonchev–Trinajstić information content (AvgIpc) is 3.34. The molecule has 4 amide bonds. The summed E-state index contributed by atoms with van der Waals surface area (Å²) in [5.41, 5.74) is 6.64. The maximum atomic E-state index is 13.0. The minimum Gasteiger partial charge on any atom is -0.494 e. The van der Waals surface area contributed by atoms with Crippen LogP contribution >= 0.6 is 11.8 Å². The summed E-state index contributed by atoms with van der Waals surface area (Å²) in [7, 11) is 0. The Bertz CT molecular complexity index is 1180. The van der Waals surface area contributed by atoms with Crippen molar-refractivity contribution >= 4 is 40.6 Å². The molecule has 1 aliphatic heterocycles. The zero-order valence-corrected chi connectivity index (χ0v) is 24.3. The molecule has 0 spiro atoms. The van der Waals surface area contributed by atoms with Crippen molar-refractivity contribution in [1.82, 2.24) is 16.2 Å². The van der Waals surface area contributed by atoms with Crippen molar-refractivity contribution < 1.29 is 28.7 Å². The summed E-state index contributed by atoms with van der Waals surface area (Å²) in [6.45, 7) is 8.44. The number of nitrogens with one attached hydrogen (secondary N) is 3. The first-order chi connectivity index (χ1) is 19.1. The molecule has 1 heterocycles. The average molecular weight is 571 g/mol. The number of carbonyl (C=O) groups is 4. The van der Waals surface area contributed by atoms with Gasteiger partial charge in [0.25, 0.3) is 11.1 Å². The third kappa shape index (κ3) is 9.78. The highest BCUT2D eigenvalue weighted by Gasteiger charge is 2.27. The van der Waals surface area contributed by atoms with Crippen LogP contribution in [0.3, 0.4) is 0 Å². The van der Waals surface area contributed by atoms with Crippen molar-refractivity contribution in [1.29, 1.82) is 0 Å². The molecule has 0 saturated carbocycles. The number of benzene rings is 2. The fourth-order valence-corrected chi connectivity index (χ4v) is 4.52. The van der Waals surface area contributed by atoms with E-state index in [0.717, 1.165) is 53.6 Å². The van der Waals surface area contributed by atoms with Crippen LogP contribution in [0.25, 0.3) is 0 Å². The van der Waals surface area contributed by atoms with Crippen molar-refractivity contribution in [3.8, 4) is 5.75 Å². The molecule has 11 heteroatoms. The molecule has 1 atom stereocenters. The van der Waals surface area contributed by atoms with Gasteiger partial charge in [-0.05, 0) is 62.9 Å². The first kappa shape index (κ1) is 30.8. The zero-order valence-electron chi connectivity index (χ0n) is 23.5. The summed E-state index contributed by atoms with van der Waals surface area (Å²) in [6.07, 6.45) is 2.15. The summed E-state index contributed by atoms with van der Waals surface area (Å²) >= 11 is 0.753. The number of hydrazine groups is 1. The van der Waals surface area contributed by atoms with Crippen LogP contribution in [0.2, 0.25) is 0 Å². The van der Waals surface area contributed by atoms with Gasteiger partial charge in [-0.2, -0.15) is 0 Å². The molecule has 3 N–H and O–H groups in total. The predicted octanol–water partition coefficient (Wildman–Crippen LogP) is 4.36. The number of hydrogen-bond donors (Lipinski definition) is 3. The van der Waals surface area contributed by atoms with Gasteiger partial charge in [-0.3, -0.25) is 25.2 Å². The van der Waals surface area contributed by atoms with E-state index in [9.17, 15) is 19.2 Å².